The lowest BCUT2D eigenvalue weighted by Gasteiger charge is -2.07. The van der Waals surface area contributed by atoms with E-state index in [1.54, 1.807) is 0 Å². The highest BCUT2D eigenvalue weighted by molar-refractivity contribution is 5.45. The van der Waals surface area contributed by atoms with Crippen LogP contribution in [0.2, 0.25) is 0 Å². The quantitative estimate of drug-likeness (QED) is 0.309. The van der Waals surface area contributed by atoms with Crippen molar-refractivity contribution in [3.63, 3.8) is 0 Å². The molecule has 3 aromatic rings. The summed E-state index contributed by atoms with van der Waals surface area (Å²) in [5.74, 6) is 0. The number of nitrogens with one attached hydrogen (secondary N) is 3. The Morgan fingerprint density at radius 2 is 0.938 bits per heavy atom. The molecule has 4 N–H and O–H groups in total. The van der Waals surface area contributed by atoms with Crippen LogP contribution in [0.15, 0.2) is 0 Å². The number of H-pyrrole nitrogens is 3. The third-order valence-corrected chi connectivity index (χ3v) is 6.96. The molecule has 0 aliphatic heterocycles. The summed E-state index contributed by atoms with van der Waals surface area (Å²) in [5, 5.41) is 9.54. The van der Waals surface area contributed by atoms with Crippen molar-refractivity contribution >= 4 is 0 Å². The van der Waals surface area contributed by atoms with Gasteiger partial charge in [0.2, 0.25) is 0 Å². The van der Waals surface area contributed by atoms with Gasteiger partial charge in [-0.1, -0.05) is 34.6 Å². The Labute approximate surface area is 195 Å². The molecule has 0 aliphatic carbocycles. The number of aliphatic hydroxyl groups excluding tert-OH is 1. The lowest BCUT2D eigenvalue weighted by molar-refractivity contribution is 0.299. The largest absolute Gasteiger partial charge is 0.396 e. The van der Waals surface area contributed by atoms with Crippen molar-refractivity contribution in [2.75, 3.05) is 6.61 Å². The Balaban J connectivity index is 0.00000176. The summed E-state index contributed by atoms with van der Waals surface area (Å²) in [5.41, 5.74) is 16.1. The predicted octanol–water partition coefficient (Wildman–Crippen LogP) is 6.33. The first-order chi connectivity index (χ1) is 15.4. The fraction of sp³-hybridized carbons (Fsp3) is 0.571. The molecule has 0 saturated heterocycles. The maximum absolute atomic E-state index is 9.54. The lowest BCUT2D eigenvalue weighted by Crippen LogP contribution is -2.00. The molecule has 3 heterocycles. The van der Waals surface area contributed by atoms with E-state index in [0.717, 1.165) is 32.1 Å². The minimum absolute atomic E-state index is 0.188. The van der Waals surface area contributed by atoms with E-state index in [2.05, 4.69) is 63.4 Å². The number of aromatic nitrogens is 3. The summed E-state index contributed by atoms with van der Waals surface area (Å²) in [6.45, 7) is 19.6. The second-order valence-electron chi connectivity index (χ2n) is 8.59. The van der Waals surface area contributed by atoms with Gasteiger partial charge in [-0.15, -0.1) is 0 Å². The molecular weight excluding hydrogens is 394 g/mol. The van der Waals surface area contributed by atoms with Gasteiger partial charge < -0.3 is 20.1 Å². The molecular formula is C28H45N3O. The molecule has 0 spiro atoms. The van der Waals surface area contributed by atoms with Gasteiger partial charge in [0.1, 0.15) is 0 Å². The smallest absolute Gasteiger partial charge is 0.0472 e. The topological polar surface area (TPSA) is 67.6 Å². The van der Waals surface area contributed by atoms with E-state index in [9.17, 15) is 5.11 Å². The molecule has 0 radical (unpaired) electrons. The molecule has 0 amide bonds. The van der Waals surface area contributed by atoms with Crippen LogP contribution in [0, 0.1) is 27.7 Å². The van der Waals surface area contributed by atoms with Crippen molar-refractivity contribution in [1.29, 1.82) is 0 Å². The van der Waals surface area contributed by atoms with Crippen LogP contribution in [-0.4, -0.2) is 26.7 Å². The standard InChI is InChI=1S/C26H39N3O.C2H6/c1-8-19-15(4)17(6)27-23(19)13-24-20(9-2)21(10-3)25(29-24)14-26-22(11-12-30)16(5)18(7)28-26;1-2/h27-30H,8-14H2,1-7H3;1-2H3. The zero-order valence-corrected chi connectivity index (χ0v) is 21.9. The van der Waals surface area contributed by atoms with Crippen LogP contribution in [0.5, 0.6) is 0 Å². The molecule has 3 rings (SSSR count). The molecule has 0 bridgehead atoms. The molecule has 4 nitrogen and oxygen atoms in total. The van der Waals surface area contributed by atoms with Gasteiger partial charge in [-0.2, -0.15) is 0 Å². The summed E-state index contributed by atoms with van der Waals surface area (Å²) >= 11 is 0. The van der Waals surface area contributed by atoms with E-state index in [4.69, 9.17) is 0 Å². The number of aromatic amines is 3. The van der Waals surface area contributed by atoms with Gasteiger partial charge in [0.25, 0.3) is 0 Å². The molecule has 178 valence electrons. The number of hydrogen-bond acceptors (Lipinski definition) is 1. The van der Waals surface area contributed by atoms with Crippen LogP contribution in [0.25, 0.3) is 0 Å². The summed E-state index contributed by atoms with van der Waals surface area (Å²) in [6, 6.07) is 0. The van der Waals surface area contributed by atoms with Gasteiger partial charge in [0.15, 0.2) is 0 Å². The summed E-state index contributed by atoms with van der Waals surface area (Å²) in [6.07, 6.45) is 5.65. The number of aliphatic hydroxyl groups is 1. The Hall–Kier alpha value is -2.20. The van der Waals surface area contributed by atoms with Crippen molar-refractivity contribution in [1.82, 2.24) is 15.0 Å². The third-order valence-electron chi connectivity index (χ3n) is 6.96. The normalized spacial score (nSPS) is 11.1. The van der Waals surface area contributed by atoms with Crippen molar-refractivity contribution in [2.24, 2.45) is 0 Å². The SMILES string of the molecule is CC.CCc1c(Cc2[nH]c(Cc3[nH]c(C)c(C)c3CCO)c(CC)c2CC)[nH]c(C)c1C. The first-order valence-corrected chi connectivity index (χ1v) is 12.5. The van der Waals surface area contributed by atoms with Gasteiger partial charge in [0, 0.05) is 53.6 Å². The number of aryl methyl sites for hydroxylation is 2. The van der Waals surface area contributed by atoms with Gasteiger partial charge >= 0.3 is 0 Å². The molecule has 4 heteroatoms. The van der Waals surface area contributed by atoms with E-state index < -0.39 is 0 Å². The van der Waals surface area contributed by atoms with Crippen LogP contribution >= 0.6 is 0 Å². The summed E-state index contributed by atoms with van der Waals surface area (Å²) in [4.78, 5) is 11.1. The Morgan fingerprint density at radius 3 is 1.34 bits per heavy atom. The Kier molecular flexibility index (Phi) is 9.45. The Bertz CT molecular complexity index is 1020. The highest BCUT2D eigenvalue weighted by atomic mass is 16.2. The fourth-order valence-electron chi connectivity index (χ4n) is 5.13. The maximum Gasteiger partial charge on any atom is 0.0472 e. The number of hydrogen-bond donors (Lipinski definition) is 4. The van der Waals surface area contributed by atoms with Crippen LogP contribution in [0.4, 0.5) is 0 Å². The van der Waals surface area contributed by atoms with Crippen LogP contribution in [0.1, 0.15) is 102 Å². The van der Waals surface area contributed by atoms with E-state index in [1.807, 2.05) is 13.8 Å². The molecule has 3 aromatic heterocycles. The predicted molar refractivity (Wildman–Crippen MR) is 137 cm³/mol. The van der Waals surface area contributed by atoms with Crippen molar-refractivity contribution in [2.45, 2.75) is 101 Å². The van der Waals surface area contributed by atoms with Gasteiger partial charge in [0.05, 0.1) is 0 Å². The summed E-state index contributed by atoms with van der Waals surface area (Å²) in [7, 11) is 0. The fourth-order valence-corrected chi connectivity index (χ4v) is 5.13. The zero-order valence-electron chi connectivity index (χ0n) is 21.9. The number of rotatable bonds is 9. The van der Waals surface area contributed by atoms with Gasteiger partial charge in [-0.3, -0.25) is 0 Å². The highest BCUT2D eigenvalue weighted by Crippen LogP contribution is 2.29. The second-order valence-corrected chi connectivity index (χ2v) is 8.59. The average Bonchev–Trinajstić information content (AvgIpc) is 3.36. The van der Waals surface area contributed by atoms with E-state index >= 15 is 0 Å². The first kappa shape index (κ1) is 26.1. The van der Waals surface area contributed by atoms with Gasteiger partial charge in [-0.25, -0.2) is 0 Å². The molecule has 32 heavy (non-hydrogen) atoms. The van der Waals surface area contributed by atoms with Crippen LogP contribution in [-0.2, 0) is 38.5 Å². The highest BCUT2D eigenvalue weighted by Gasteiger charge is 2.20. The minimum atomic E-state index is 0.188. The zero-order chi connectivity index (χ0) is 24.0. The molecule has 0 saturated carbocycles. The van der Waals surface area contributed by atoms with E-state index in [1.165, 1.54) is 67.5 Å². The lowest BCUT2D eigenvalue weighted by atomic mass is 9.97. The molecule has 0 aromatic carbocycles. The molecule has 0 unspecified atom stereocenters. The van der Waals surface area contributed by atoms with Crippen LogP contribution < -0.4 is 0 Å². The molecule has 0 aliphatic rings. The second kappa shape index (κ2) is 11.6. The van der Waals surface area contributed by atoms with Crippen molar-refractivity contribution in [3.8, 4) is 0 Å². The monoisotopic (exact) mass is 439 g/mol. The Morgan fingerprint density at radius 1 is 0.562 bits per heavy atom. The van der Waals surface area contributed by atoms with Crippen molar-refractivity contribution < 1.29 is 5.11 Å². The first-order valence-electron chi connectivity index (χ1n) is 12.5. The van der Waals surface area contributed by atoms with Gasteiger partial charge in [-0.05, 0) is 86.8 Å². The van der Waals surface area contributed by atoms with E-state index in [-0.39, 0.29) is 6.61 Å². The maximum atomic E-state index is 9.54. The molecule has 0 fully saturated rings. The average molecular weight is 440 g/mol. The van der Waals surface area contributed by atoms with Crippen molar-refractivity contribution in [3.05, 3.63) is 67.5 Å². The van der Waals surface area contributed by atoms with E-state index in [0.29, 0.717) is 6.42 Å². The summed E-state index contributed by atoms with van der Waals surface area (Å²) < 4.78 is 0. The minimum Gasteiger partial charge on any atom is -0.396 e. The molecule has 0 atom stereocenters. The third kappa shape index (κ3) is 5.06. The van der Waals surface area contributed by atoms with Crippen LogP contribution in [0.3, 0.4) is 0 Å².